The number of nitrogens with zero attached hydrogens (tertiary/aromatic N) is 4. The molecular weight excluding hydrogens is 430 g/mol. The number of amides is 3. The minimum atomic E-state index is -0.515. The van der Waals surface area contributed by atoms with Crippen molar-refractivity contribution in [1.82, 2.24) is 25.1 Å². The summed E-state index contributed by atoms with van der Waals surface area (Å²) in [5.74, 6) is 0.750. The second-order valence-electron chi connectivity index (χ2n) is 9.66. The van der Waals surface area contributed by atoms with Crippen molar-refractivity contribution >= 4 is 34.3 Å². The van der Waals surface area contributed by atoms with Gasteiger partial charge in [0, 0.05) is 25.3 Å². The van der Waals surface area contributed by atoms with Crippen LogP contribution >= 0.6 is 0 Å². The first kappa shape index (κ1) is 22.4. The number of nitrogens with one attached hydrogen (secondary N) is 3. The molecule has 5 rings (SSSR count). The standard InChI is InChI=1S/C25H33N7O2/c1-5-25(6-2)16-12-17-18(13-20(16)32(15(3)4)23(25)33)28-22(27-17)21-19(14-26-30-21)29-24(34)31-10-8-7-9-11-31/h12-15H,5-11H2,1-4H3,(H,26,30)(H,27,28)(H,29,34). The van der Waals surface area contributed by atoms with Crippen molar-refractivity contribution in [3.8, 4) is 11.5 Å². The summed E-state index contributed by atoms with van der Waals surface area (Å²) >= 11 is 0. The molecule has 2 aromatic heterocycles. The molecule has 0 unspecified atom stereocenters. The van der Waals surface area contributed by atoms with Gasteiger partial charge in [0.25, 0.3) is 0 Å². The Bertz CT molecular complexity index is 1230. The van der Waals surface area contributed by atoms with Crippen molar-refractivity contribution < 1.29 is 9.59 Å². The molecule has 0 atom stereocenters. The summed E-state index contributed by atoms with van der Waals surface area (Å²) in [5.41, 5.74) is 4.27. The first-order valence-corrected chi connectivity index (χ1v) is 12.4. The van der Waals surface area contributed by atoms with Gasteiger partial charge < -0.3 is 20.1 Å². The number of likely N-dealkylation sites (tertiary alicyclic amines) is 1. The van der Waals surface area contributed by atoms with Crippen LogP contribution in [0.5, 0.6) is 0 Å². The van der Waals surface area contributed by atoms with Crippen LogP contribution in [0.3, 0.4) is 0 Å². The van der Waals surface area contributed by atoms with E-state index in [9.17, 15) is 9.59 Å². The van der Waals surface area contributed by atoms with Crippen molar-refractivity contribution in [2.24, 2.45) is 0 Å². The van der Waals surface area contributed by atoms with Crippen molar-refractivity contribution in [2.45, 2.75) is 71.3 Å². The molecule has 1 aromatic carbocycles. The predicted molar refractivity (Wildman–Crippen MR) is 133 cm³/mol. The molecule has 9 nitrogen and oxygen atoms in total. The number of hydrogen-bond donors (Lipinski definition) is 3. The van der Waals surface area contributed by atoms with E-state index in [2.05, 4.69) is 40.4 Å². The number of benzene rings is 1. The molecule has 0 spiro atoms. The van der Waals surface area contributed by atoms with Gasteiger partial charge in [-0.25, -0.2) is 9.78 Å². The van der Waals surface area contributed by atoms with Crippen LogP contribution < -0.4 is 10.2 Å². The molecule has 3 N–H and O–H groups in total. The van der Waals surface area contributed by atoms with E-state index in [1.54, 1.807) is 6.20 Å². The molecule has 3 aromatic rings. The van der Waals surface area contributed by atoms with Gasteiger partial charge in [0.15, 0.2) is 11.5 Å². The lowest BCUT2D eigenvalue weighted by molar-refractivity contribution is -0.123. The highest BCUT2D eigenvalue weighted by molar-refractivity contribution is 6.10. The quantitative estimate of drug-likeness (QED) is 0.505. The molecule has 9 heteroatoms. The normalized spacial score (nSPS) is 17.6. The highest BCUT2D eigenvalue weighted by Gasteiger charge is 2.49. The first-order valence-electron chi connectivity index (χ1n) is 12.4. The van der Waals surface area contributed by atoms with Crippen LogP contribution in [0.25, 0.3) is 22.6 Å². The minimum Gasteiger partial charge on any atom is -0.337 e. The molecule has 4 heterocycles. The summed E-state index contributed by atoms with van der Waals surface area (Å²) in [4.78, 5) is 38.1. The Hall–Kier alpha value is -3.36. The fourth-order valence-electron chi connectivity index (χ4n) is 5.50. The maximum Gasteiger partial charge on any atom is 0.321 e. The molecule has 1 fully saturated rings. The van der Waals surface area contributed by atoms with Gasteiger partial charge in [-0.15, -0.1) is 0 Å². The molecule has 3 amide bonds. The molecule has 0 bridgehead atoms. The fraction of sp³-hybridized carbons (Fsp3) is 0.520. The van der Waals surface area contributed by atoms with E-state index in [1.807, 2.05) is 29.7 Å². The Kier molecular flexibility index (Phi) is 5.58. The monoisotopic (exact) mass is 463 g/mol. The van der Waals surface area contributed by atoms with Crippen LogP contribution in [0.2, 0.25) is 0 Å². The van der Waals surface area contributed by atoms with Crippen LogP contribution in [0.4, 0.5) is 16.2 Å². The Morgan fingerprint density at radius 1 is 1.18 bits per heavy atom. The number of H-pyrrole nitrogens is 2. The van der Waals surface area contributed by atoms with Crippen LogP contribution in [0, 0.1) is 0 Å². The first-order chi connectivity index (χ1) is 16.4. The van der Waals surface area contributed by atoms with Gasteiger partial charge in [-0.05, 0) is 63.6 Å². The van der Waals surface area contributed by atoms with Crippen LogP contribution in [-0.4, -0.2) is 56.1 Å². The van der Waals surface area contributed by atoms with E-state index in [-0.39, 0.29) is 18.0 Å². The second kappa shape index (κ2) is 8.45. The lowest BCUT2D eigenvalue weighted by Crippen LogP contribution is -2.42. The molecule has 0 saturated carbocycles. The highest BCUT2D eigenvalue weighted by atomic mass is 16.2. The Balaban J connectivity index is 1.52. The largest absolute Gasteiger partial charge is 0.337 e. The van der Waals surface area contributed by atoms with Gasteiger partial charge in [0.2, 0.25) is 5.91 Å². The highest BCUT2D eigenvalue weighted by Crippen LogP contribution is 2.48. The zero-order valence-electron chi connectivity index (χ0n) is 20.4. The Labute approximate surface area is 199 Å². The van der Waals surface area contributed by atoms with Crippen molar-refractivity contribution in [2.75, 3.05) is 23.3 Å². The second-order valence-corrected chi connectivity index (χ2v) is 9.66. The molecule has 2 aliphatic rings. The summed E-state index contributed by atoms with van der Waals surface area (Å²) in [5, 5.41) is 10.2. The third-order valence-electron chi connectivity index (χ3n) is 7.48. The topological polar surface area (TPSA) is 110 Å². The van der Waals surface area contributed by atoms with E-state index in [0.29, 0.717) is 17.2 Å². The number of rotatable bonds is 5. The number of aromatic nitrogens is 4. The number of aromatic amines is 2. The fourth-order valence-corrected chi connectivity index (χ4v) is 5.50. The Morgan fingerprint density at radius 3 is 2.59 bits per heavy atom. The zero-order valence-corrected chi connectivity index (χ0v) is 20.4. The maximum atomic E-state index is 13.5. The molecule has 34 heavy (non-hydrogen) atoms. The number of piperidine rings is 1. The van der Waals surface area contributed by atoms with Crippen molar-refractivity contribution in [3.05, 3.63) is 23.9 Å². The van der Waals surface area contributed by atoms with E-state index in [0.717, 1.165) is 61.1 Å². The number of imidazole rings is 1. The lowest BCUT2D eigenvalue weighted by Gasteiger charge is -2.27. The molecule has 0 radical (unpaired) electrons. The van der Waals surface area contributed by atoms with Gasteiger partial charge in [-0.1, -0.05) is 13.8 Å². The number of anilines is 2. The van der Waals surface area contributed by atoms with Gasteiger partial charge in [0.1, 0.15) is 0 Å². The van der Waals surface area contributed by atoms with Crippen LogP contribution in [-0.2, 0) is 10.2 Å². The summed E-state index contributed by atoms with van der Waals surface area (Å²) in [6.07, 6.45) is 6.41. The van der Waals surface area contributed by atoms with E-state index < -0.39 is 5.41 Å². The summed E-state index contributed by atoms with van der Waals surface area (Å²) in [6, 6.07) is 4.03. The number of fused-ring (bicyclic) bond motifs is 2. The Morgan fingerprint density at radius 2 is 1.91 bits per heavy atom. The van der Waals surface area contributed by atoms with Gasteiger partial charge in [0.05, 0.1) is 27.8 Å². The van der Waals surface area contributed by atoms with Gasteiger partial charge >= 0.3 is 6.03 Å². The van der Waals surface area contributed by atoms with Gasteiger partial charge in [-0.3, -0.25) is 9.89 Å². The molecule has 0 aliphatic carbocycles. The number of carbonyl (C=O) groups is 2. The SMILES string of the molecule is CCC1(CC)C(=O)N(C(C)C)c2cc3nc(-c4n[nH]cc4NC(=O)N4CCCCC4)[nH]c3cc21. The predicted octanol–water partition coefficient (Wildman–Crippen LogP) is 4.78. The lowest BCUT2D eigenvalue weighted by atomic mass is 9.77. The number of carbonyl (C=O) groups excluding carboxylic acids is 2. The van der Waals surface area contributed by atoms with E-state index >= 15 is 0 Å². The van der Waals surface area contributed by atoms with Crippen LogP contribution in [0.15, 0.2) is 18.3 Å². The molecule has 1 saturated heterocycles. The third-order valence-corrected chi connectivity index (χ3v) is 7.48. The third kappa shape index (κ3) is 3.36. The van der Waals surface area contributed by atoms with Crippen molar-refractivity contribution in [1.29, 1.82) is 0 Å². The molecule has 180 valence electrons. The number of hydrogen-bond acceptors (Lipinski definition) is 4. The summed E-state index contributed by atoms with van der Waals surface area (Å²) in [7, 11) is 0. The average Bonchev–Trinajstić information content (AvgIpc) is 3.52. The van der Waals surface area contributed by atoms with E-state index in [4.69, 9.17) is 4.98 Å². The smallest absolute Gasteiger partial charge is 0.321 e. The maximum absolute atomic E-state index is 13.5. The molecule has 2 aliphatic heterocycles. The average molecular weight is 464 g/mol. The van der Waals surface area contributed by atoms with E-state index in [1.165, 1.54) is 6.42 Å². The summed E-state index contributed by atoms with van der Waals surface area (Å²) in [6.45, 7) is 9.81. The van der Waals surface area contributed by atoms with Crippen molar-refractivity contribution in [3.63, 3.8) is 0 Å². The minimum absolute atomic E-state index is 0.0602. The zero-order chi connectivity index (χ0) is 24.0. The van der Waals surface area contributed by atoms with Gasteiger partial charge in [-0.2, -0.15) is 5.10 Å². The number of urea groups is 1. The molecular formula is C25H33N7O2. The summed E-state index contributed by atoms with van der Waals surface area (Å²) < 4.78 is 0. The van der Waals surface area contributed by atoms with Crippen LogP contribution in [0.1, 0.15) is 65.4 Å².